The molecule has 0 aliphatic heterocycles. The number of carbonyl (C=O) groups excluding carboxylic acids is 1. The van der Waals surface area contributed by atoms with Crippen molar-refractivity contribution in [2.24, 2.45) is 4.99 Å². The summed E-state index contributed by atoms with van der Waals surface area (Å²) in [6.07, 6.45) is 1.50. The number of benzene rings is 1. The Bertz CT molecular complexity index is 395. The summed E-state index contributed by atoms with van der Waals surface area (Å²) >= 11 is 0. The number of nitrogens with zero attached hydrogens (tertiary/aromatic N) is 1. The van der Waals surface area contributed by atoms with Gasteiger partial charge < -0.3 is 9.47 Å². The molecular weight excluding hydrogens is 194 g/mol. The third-order valence-electron chi connectivity index (χ3n) is 2.14. The Hall–Kier alpha value is -1.80. The molecule has 4 nitrogen and oxygen atoms in total. The van der Waals surface area contributed by atoms with Gasteiger partial charge in [0.25, 0.3) is 0 Å². The Morgan fingerprint density at radius 2 is 2.07 bits per heavy atom. The second-order valence-corrected chi connectivity index (χ2v) is 3.00. The molecule has 1 rings (SSSR count). The van der Waals surface area contributed by atoms with Gasteiger partial charge in [-0.2, -0.15) is 0 Å². The van der Waals surface area contributed by atoms with Gasteiger partial charge in [0, 0.05) is 0 Å². The van der Waals surface area contributed by atoms with Crippen LogP contribution in [-0.4, -0.2) is 20.3 Å². The number of aliphatic imine (C=N–C) groups is 1. The molecule has 0 spiro atoms. The molecule has 1 aromatic rings. The monoisotopic (exact) mass is 207 g/mol. The van der Waals surface area contributed by atoms with Crippen molar-refractivity contribution in [1.29, 1.82) is 0 Å². The van der Waals surface area contributed by atoms with Gasteiger partial charge in [0.2, 0.25) is 6.08 Å². The van der Waals surface area contributed by atoms with E-state index in [0.717, 1.165) is 11.1 Å². The Labute approximate surface area is 88.5 Å². The summed E-state index contributed by atoms with van der Waals surface area (Å²) in [6, 6.07) is 3.72. The number of isocyanates is 1. The molecule has 0 unspecified atom stereocenters. The standard InChI is InChI=1S/C11H13NO3/c1-8-4-5-10(14-2)9(6-12-7-13)11(8)15-3/h4-5H,6H2,1-3H3. The average molecular weight is 207 g/mol. The molecule has 0 N–H and O–H groups in total. The Morgan fingerprint density at radius 3 is 2.60 bits per heavy atom. The molecule has 0 heterocycles. The first kappa shape index (κ1) is 11.3. The van der Waals surface area contributed by atoms with Crippen molar-refractivity contribution in [1.82, 2.24) is 0 Å². The summed E-state index contributed by atoms with van der Waals surface area (Å²) in [7, 11) is 3.15. The normalized spacial score (nSPS) is 9.27. The third kappa shape index (κ3) is 2.36. The Balaban J connectivity index is 3.26. The van der Waals surface area contributed by atoms with Crippen molar-refractivity contribution in [2.45, 2.75) is 13.5 Å². The van der Waals surface area contributed by atoms with E-state index in [1.165, 1.54) is 6.08 Å². The molecule has 4 heteroatoms. The van der Waals surface area contributed by atoms with Gasteiger partial charge >= 0.3 is 0 Å². The van der Waals surface area contributed by atoms with Gasteiger partial charge in [-0.3, -0.25) is 0 Å². The summed E-state index contributed by atoms with van der Waals surface area (Å²) in [5.74, 6) is 1.37. The van der Waals surface area contributed by atoms with Crippen LogP contribution in [0, 0.1) is 6.92 Å². The minimum atomic E-state index is 0.220. The Kier molecular flexibility index (Phi) is 3.89. The summed E-state index contributed by atoms with van der Waals surface area (Å²) < 4.78 is 10.4. The smallest absolute Gasteiger partial charge is 0.235 e. The van der Waals surface area contributed by atoms with Crippen molar-refractivity contribution in [3.05, 3.63) is 23.3 Å². The van der Waals surface area contributed by atoms with E-state index in [4.69, 9.17) is 9.47 Å². The minimum absolute atomic E-state index is 0.220. The molecule has 0 bridgehead atoms. The zero-order chi connectivity index (χ0) is 11.3. The summed E-state index contributed by atoms with van der Waals surface area (Å²) in [5, 5.41) is 0. The predicted octanol–water partition coefficient (Wildman–Crippen LogP) is 1.85. The summed E-state index contributed by atoms with van der Waals surface area (Å²) in [6.45, 7) is 2.14. The van der Waals surface area contributed by atoms with Crippen molar-refractivity contribution < 1.29 is 14.3 Å². The fourth-order valence-corrected chi connectivity index (χ4v) is 1.46. The van der Waals surface area contributed by atoms with Gasteiger partial charge in [-0.1, -0.05) is 6.07 Å². The van der Waals surface area contributed by atoms with Crippen LogP contribution in [0.4, 0.5) is 0 Å². The number of hydrogen-bond acceptors (Lipinski definition) is 4. The van der Waals surface area contributed by atoms with E-state index in [1.54, 1.807) is 14.2 Å². The quantitative estimate of drug-likeness (QED) is 0.559. The van der Waals surface area contributed by atoms with E-state index in [2.05, 4.69) is 4.99 Å². The van der Waals surface area contributed by atoms with E-state index >= 15 is 0 Å². The van der Waals surface area contributed by atoms with Crippen LogP contribution < -0.4 is 9.47 Å². The van der Waals surface area contributed by atoms with Crippen molar-refractivity contribution in [2.75, 3.05) is 14.2 Å². The van der Waals surface area contributed by atoms with Crippen molar-refractivity contribution in [3.63, 3.8) is 0 Å². The van der Waals surface area contributed by atoms with Crippen LogP contribution in [0.1, 0.15) is 11.1 Å². The second-order valence-electron chi connectivity index (χ2n) is 3.00. The van der Waals surface area contributed by atoms with E-state index in [1.807, 2.05) is 19.1 Å². The zero-order valence-corrected chi connectivity index (χ0v) is 9.03. The first-order valence-electron chi connectivity index (χ1n) is 4.48. The number of aryl methyl sites for hydroxylation is 1. The van der Waals surface area contributed by atoms with E-state index in [9.17, 15) is 4.79 Å². The molecule has 1 aromatic carbocycles. The summed E-state index contributed by atoms with van der Waals surface area (Å²) in [4.78, 5) is 13.6. The molecule has 0 amide bonds. The third-order valence-corrected chi connectivity index (χ3v) is 2.14. The molecule has 15 heavy (non-hydrogen) atoms. The lowest BCUT2D eigenvalue weighted by Gasteiger charge is -2.13. The maximum absolute atomic E-state index is 10.1. The minimum Gasteiger partial charge on any atom is -0.496 e. The lowest BCUT2D eigenvalue weighted by Crippen LogP contribution is -1.98. The Morgan fingerprint density at radius 1 is 1.33 bits per heavy atom. The average Bonchev–Trinajstić information content (AvgIpc) is 2.26. The van der Waals surface area contributed by atoms with Crippen LogP contribution in [0.3, 0.4) is 0 Å². The first-order valence-corrected chi connectivity index (χ1v) is 4.48. The number of methoxy groups -OCH3 is 2. The lowest BCUT2D eigenvalue weighted by atomic mass is 10.1. The lowest BCUT2D eigenvalue weighted by molar-refractivity contribution is 0.383. The van der Waals surface area contributed by atoms with Crippen LogP contribution in [0.25, 0.3) is 0 Å². The molecule has 0 saturated heterocycles. The van der Waals surface area contributed by atoms with Gasteiger partial charge in [0.1, 0.15) is 11.5 Å². The van der Waals surface area contributed by atoms with Crippen molar-refractivity contribution in [3.8, 4) is 11.5 Å². The van der Waals surface area contributed by atoms with E-state index in [0.29, 0.717) is 11.5 Å². The highest BCUT2D eigenvalue weighted by Gasteiger charge is 2.11. The zero-order valence-electron chi connectivity index (χ0n) is 9.03. The van der Waals surface area contributed by atoms with Gasteiger partial charge in [-0.15, -0.1) is 0 Å². The van der Waals surface area contributed by atoms with Crippen LogP contribution in [0.2, 0.25) is 0 Å². The molecule has 0 aliphatic carbocycles. The highest BCUT2D eigenvalue weighted by molar-refractivity contribution is 5.50. The molecule has 0 saturated carbocycles. The van der Waals surface area contributed by atoms with Crippen LogP contribution >= 0.6 is 0 Å². The van der Waals surface area contributed by atoms with E-state index < -0.39 is 0 Å². The van der Waals surface area contributed by atoms with Crippen LogP contribution in [0.15, 0.2) is 17.1 Å². The van der Waals surface area contributed by atoms with Gasteiger partial charge in [0.05, 0.1) is 26.3 Å². The SMILES string of the molecule is COc1ccc(C)c(OC)c1CN=C=O. The highest BCUT2D eigenvalue weighted by Crippen LogP contribution is 2.32. The molecule has 80 valence electrons. The highest BCUT2D eigenvalue weighted by atomic mass is 16.5. The van der Waals surface area contributed by atoms with Crippen molar-refractivity contribution >= 4 is 6.08 Å². The number of rotatable bonds is 4. The topological polar surface area (TPSA) is 47.9 Å². The largest absolute Gasteiger partial charge is 0.496 e. The van der Waals surface area contributed by atoms with Gasteiger partial charge in [-0.25, -0.2) is 9.79 Å². The van der Waals surface area contributed by atoms with Gasteiger partial charge in [0.15, 0.2) is 0 Å². The van der Waals surface area contributed by atoms with E-state index in [-0.39, 0.29) is 6.54 Å². The number of hydrogen-bond donors (Lipinski definition) is 0. The van der Waals surface area contributed by atoms with Crippen LogP contribution in [0.5, 0.6) is 11.5 Å². The maximum atomic E-state index is 10.1. The van der Waals surface area contributed by atoms with Crippen LogP contribution in [-0.2, 0) is 11.3 Å². The summed E-state index contributed by atoms with van der Waals surface area (Å²) in [5.41, 5.74) is 1.75. The molecule has 0 fully saturated rings. The second kappa shape index (κ2) is 5.17. The molecule has 0 radical (unpaired) electrons. The maximum Gasteiger partial charge on any atom is 0.235 e. The molecule has 0 aliphatic rings. The fourth-order valence-electron chi connectivity index (χ4n) is 1.46. The van der Waals surface area contributed by atoms with Gasteiger partial charge in [-0.05, 0) is 18.6 Å². The number of ether oxygens (including phenoxy) is 2. The fraction of sp³-hybridized carbons (Fsp3) is 0.364. The molecular formula is C11H13NO3. The molecule has 0 atom stereocenters. The molecule has 0 aromatic heterocycles. The first-order chi connectivity index (χ1) is 7.24. The predicted molar refractivity (Wildman–Crippen MR) is 56.1 cm³/mol.